The zero-order chi connectivity index (χ0) is 62.2. The maximum Gasteiger partial charge on any atom is 0.342 e. The molecule has 7 unspecified atom stereocenters. The predicted octanol–water partition coefficient (Wildman–Crippen LogP) is 5.52. The first-order valence-corrected chi connectivity index (χ1v) is 31.0. The van der Waals surface area contributed by atoms with Crippen LogP contribution in [0.3, 0.4) is 0 Å². The van der Waals surface area contributed by atoms with E-state index in [1.807, 2.05) is 54.5 Å². The van der Waals surface area contributed by atoms with Crippen LogP contribution in [0.2, 0.25) is 0 Å². The van der Waals surface area contributed by atoms with Crippen molar-refractivity contribution in [2.45, 2.75) is 106 Å². The van der Waals surface area contributed by atoms with Crippen LogP contribution in [0.4, 0.5) is 32.3 Å². The third kappa shape index (κ3) is 14.6. The number of carbonyl (C=O) groups excluding carboxylic acids is 4. The molecule has 1 aromatic heterocycles. The zero-order valence-corrected chi connectivity index (χ0v) is 49.6. The summed E-state index contributed by atoms with van der Waals surface area (Å²) in [6, 6.07) is 24.4. The number of carboxylic acids is 2. The monoisotopic (exact) mass is 1230 g/mol. The average Bonchev–Trinajstić information content (AvgIpc) is 2.27. The zero-order valence-electron chi connectivity index (χ0n) is 48.0. The lowest BCUT2D eigenvalue weighted by Gasteiger charge is -2.33. The molecule has 5 aromatic rings. The SMILES string of the molecule is COc1cc(CC(=O)N2CCCC2C2=NCC(CC(NS(=O)(=O)c3ccccc3)(C(=O)O)S(=O)(=O)NC(CC3CN=C(C4C(C)CCN4C(=O)Cc4ccc(NC(=O)Nc5ccccc5C)cn4)O3)C(=O)O)O2)ccc1NC(=O)Nc1ccccc1C. The van der Waals surface area contributed by atoms with Crippen LogP contribution in [0.25, 0.3) is 0 Å². The van der Waals surface area contributed by atoms with Crippen LogP contribution < -0.4 is 35.4 Å². The molecule has 4 aromatic carbocycles. The number of anilines is 4. The molecular formula is C59H67N11O15S2. The van der Waals surface area contributed by atoms with Gasteiger partial charge in [0, 0.05) is 43.0 Å². The van der Waals surface area contributed by atoms with Gasteiger partial charge in [-0.1, -0.05) is 67.6 Å². The molecule has 460 valence electrons. The van der Waals surface area contributed by atoms with Gasteiger partial charge in [0.2, 0.25) is 48.5 Å². The molecule has 4 aliphatic heterocycles. The largest absolute Gasteiger partial charge is 0.495 e. The van der Waals surface area contributed by atoms with Crippen molar-refractivity contribution < 1.29 is 70.0 Å². The van der Waals surface area contributed by atoms with Gasteiger partial charge in [0.05, 0.1) is 55.5 Å². The second kappa shape index (κ2) is 26.7. The van der Waals surface area contributed by atoms with E-state index in [4.69, 9.17) is 14.2 Å². The summed E-state index contributed by atoms with van der Waals surface area (Å²) in [5.74, 6) is -4.46. The van der Waals surface area contributed by atoms with Gasteiger partial charge in [-0.2, -0.15) is 9.44 Å². The molecule has 5 heterocycles. The highest BCUT2D eigenvalue weighted by molar-refractivity contribution is 7.94. The Kier molecular flexibility index (Phi) is 19.2. The Morgan fingerprint density at radius 2 is 1.33 bits per heavy atom. The lowest BCUT2D eigenvalue weighted by Crippen LogP contribution is -2.66. The van der Waals surface area contributed by atoms with Crippen molar-refractivity contribution >= 4 is 90.4 Å². The number of aliphatic imine (C=N–C) groups is 2. The maximum absolute atomic E-state index is 14.9. The number of aliphatic carboxylic acids is 2. The first kappa shape index (κ1) is 62.5. The highest BCUT2D eigenvalue weighted by Crippen LogP contribution is 2.34. The van der Waals surface area contributed by atoms with Gasteiger partial charge in [-0.15, -0.1) is 0 Å². The third-order valence-corrected chi connectivity index (χ3v) is 19.0. The molecule has 87 heavy (non-hydrogen) atoms. The molecule has 28 heteroatoms. The fourth-order valence-electron chi connectivity index (χ4n) is 10.8. The van der Waals surface area contributed by atoms with Gasteiger partial charge in [-0.3, -0.25) is 19.4 Å². The minimum absolute atomic E-state index is 0.0204. The van der Waals surface area contributed by atoms with E-state index in [0.29, 0.717) is 59.8 Å². The van der Waals surface area contributed by atoms with Crippen molar-refractivity contribution in [1.82, 2.24) is 24.2 Å². The normalized spacial score (nSPS) is 20.2. The van der Waals surface area contributed by atoms with E-state index in [1.165, 1.54) is 36.4 Å². The highest BCUT2D eigenvalue weighted by Gasteiger charge is 2.58. The summed E-state index contributed by atoms with van der Waals surface area (Å²) >= 11 is 0. The third-order valence-electron chi connectivity index (χ3n) is 15.4. The Bertz CT molecular complexity index is 3720. The van der Waals surface area contributed by atoms with Gasteiger partial charge >= 0.3 is 24.0 Å². The van der Waals surface area contributed by atoms with E-state index < -0.39 is 97.0 Å². The van der Waals surface area contributed by atoms with E-state index >= 15 is 0 Å². The summed E-state index contributed by atoms with van der Waals surface area (Å²) in [7, 11) is -9.27. The van der Waals surface area contributed by atoms with Crippen molar-refractivity contribution in [1.29, 1.82) is 0 Å². The van der Waals surface area contributed by atoms with Gasteiger partial charge in [0.15, 0.2) is 0 Å². The Labute approximate surface area is 502 Å². The number of amides is 6. The van der Waals surface area contributed by atoms with Crippen LogP contribution in [-0.4, -0.2) is 158 Å². The molecule has 2 fully saturated rings. The quantitative estimate of drug-likeness (QED) is 0.0399. The van der Waals surface area contributed by atoms with E-state index in [-0.39, 0.29) is 67.8 Å². The number of sulfonamides is 2. The van der Waals surface area contributed by atoms with E-state index in [0.717, 1.165) is 23.3 Å². The Morgan fingerprint density at radius 1 is 0.713 bits per heavy atom. The molecule has 0 spiro atoms. The summed E-state index contributed by atoms with van der Waals surface area (Å²) in [5, 5.41) is 32.6. The molecule has 6 amide bonds. The number of pyridine rings is 1. The number of rotatable bonds is 23. The van der Waals surface area contributed by atoms with Crippen LogP contribution in [0.5, 0.6) is 5.75 Å². The Morgan fingerprint density at radius 3 is 1.98 bits per heavy atom. The lowest BCUT2D eigenvalue weighted by molar-refractivity contribution is -0.142. The number of urea groups is 2. The van der Waals surface area contributed by atoms with Crippen LogP contribution in [0.15, 0.2) is 130 Å². The summed E-state index contributed by atoms with van der Waals surface area (Å²) < 4.78 is 79.6. The van der Waals surface area contributed by atoms with E-state index in [2.05, 4.69) is 36.2 Å². The minimum Gasteiger partial charge on any atom is -0.495 e. The number of benzene rings is 4. The number of carboxylic acid groups (broad SMARTS) is 2. The summed E-state index contributed by atoms with van der Waals surface area (Å²) in [6.45, 7) is 5.65. The van der Waals surface area contributed by atoms with Crippen molar-refractivity contribution in [3.63, 3.8) is 0 Å². The van der Waals surface area contributed by atoms with Crippen LogP contribution in [0.1, 0.15) is 61.4 Å². The standard InChI is InChI=1S/C59H67N11O15S2/c1-35-13-8-10-17-44(35)64-57(77)63-40-22-21-39(60-32-40)29-51(72)70-26-24-37(3)52(70)54-62-33-41(84-54)30-47(55(73)74)67-87(81,82)59(56(75)76,68-86(79,80)43-15-6-5-7-16-43)31-42-34-61-53(85-42)48-19-12-25-69(48)50(71)28-38-20-23-46(49(27-38)83-4)66-58(78)65-45-18-11-9-14-36(45)2/h5-11,13-18,20-23,27,32,37,41-42,47-48,52,67-68H,12,19,24-26,28-31,33-34H2,1-4H3,(H,73,74)(H,75,76)(H2,63,64,77)(H2,65,66,78). The topological polar surface area (TPSA) is 355 Å². The molecule has 0 aliphatic carbocycles. The first-order valence-electron chi connectivity index (χ1n) is 28.0. The van der Waals surface area contributed by atoms with Crippen LogP contribution >= 0.6 is 0 Å². The first-order chi connectivity index (χ1) is 41.5. The Hall–Kier alpha value is -8.99. The van der Waals surface area contributed by atoms with Crippen molar-refractivity contribution in [3.05, 3.63) is 138 Å². The molecule has 26 nitrogen and oxygen atoms in total. The number of likely N-dealkylation sites (tertiary alicyclic amines) is 2. The van der Waals surface area contributed by atoms with Gasteiger partial charge in [-0.25, -0.2) is 41.2 Å². The second-order valence-electron chi connectivity index (χ2n) is 21.6. The minimum atomic E-state index is -5.66. The number of nitrogens with one attached hydrogen (secondary N) is 6. The molecule has 0 radical (unpaired) electrons. The molecule has 4 aliphatic rings. The number of aromatic nitrogens is 1. The molecular weight excluding hydrogens is 1170 g/mol. The fourth-order valence-corrected chi connectivity index (χ4v) is 14.3. The number of nitrogens with zero attached hydrogens (tertiary/aromatic N) is 5. The second-order valence-corrected chi connectivity index (χ2v) is 25.2. The average molecular weight is 1230 g/mol. The van der Waals surface area contributed by atoms with Crippen LogP contribution in [-0.2, 0) is 61.5 Å². The number of methoxy groups -OCH3 is 1. The number of carbonyl (C=O) groups is 6. The molecule has 8 N–H and O–H groups in total. The molecule has 7 atom stereocenters. The van der Waals surface area contributed by atoms with Gasteiger partial charge < -0.3 is 55.5 Å². The number of aryl methyl sites for hydroxylation is 2. The van der Waals surface area contributed by atoms with E-state index in [1.54, 1.807) is 59.5 Å². The van der Waals surface area contributed by atoms with Crippen molar-refractivity contribution in [3.8, 4) is 5.75 Å². The number of hydrogen-bond acceptors (Lipinski definition) is 16. The van der Waals surface area contributed by atoms with Crippen molar-refractivity contribution in [2.24, 2.45) is 15.9 Å². The fraction of sp³-hybridized carbons (Fsp3) is 0.373. The summed E-state index contributed by atoms with van der Waals surface area (Å²) in [4.78, 5) is 92.6. The van der Waals surface area contributed by atoms with E-state index in [9.17, 15) is 55.8 Å². The maximum atomic E-state index is 14.9. The number of hydrogen-bond donors (Lipinski definition) is 8. The highest BCUT2D eigenvalue weighted by atomic mass is 32.2. The molecule has 0 saturated carbocycles. The van der Waals surface area contributed by atoms with Gasteiger partial charge in [0.25, 0.3) is 0 Å². The lowest BCUT2D eigenvalue weighted by atomic mass is 10.0. The number of para-hydroxylation sites is 2. The summed E-state index contributed by atoms with van der Waals surface area (Å²) in [5.41, 5.74) is 4.66. The van der Waals surface area contributed by atoms with Gasteiger partial charge in [-0.05, 0) is 104 Å². The Balaban J connectivity index is 0.848. The predicted molar refractivity (Wildman–Crippen MR) is 320 cm³/mol. The van der Waals surface area contributed by atoms with Gasteiger partial charge in [0.1, 0.15) is 36.1 Å². The smallest absolute Gasteiger partial charge is 0.342 e. The summed E-state index contributed by atoms with van der Waals surface area (Å²) in [6.07, 6.45) is -1.70. The molecule has 9 rings (SSSR count). The molecule has 0 bridgehead atoms. The van der Waals surface area contributed by atoms with Crippen molar-refractivity contribution in [2.75, 3.05) is 54.6 Å². The molecule has 2 saturated heterocycles. The number of ether oxygens (including phenoxy) is 3. The van der Waals surface area contributed by atoms with Crippen LogP contribution in [0, 0.1) is 19.8 Å².